The maximum atomic E-state index is 6.74. The Morgan fingerprint density at radius 3 is 2.75 bits per heavy atom. The van der Waals surface area contributed by atoms with Crippen molar-refractivity contribution in [3.8, 4) is 0 Å². The molecule has 0 amide bonds. The third-order valence-electron chi connectivity index (χ3n) is 4.64. The SMILES string of the molecule is CC1(C)CCCC(N)(Cc2ccnc3ccccc23)C1. The van der Waals surface area contributed by atoms with Crippen LogP contribution in [0, 0.1) is 5.41 Å². The van der Waals surface area contributed by atoms with Gasteiger partial charge in [0.25, 0.3) is 0 Å². The molecule has 1 aliphatic carbocycles. The molecule has 2 heteroatoms. The first-order valence-electron chi connectivity index (χ1n) is 7.59. The Hall–Kier alpha value is -1.41. The van der Waals surface area contributed by atoms with E-state index in [0.29, 0.717) is 5.41 Å². The van der Waals surface area contributed by atoms with E-state index < -0.39 is 0 Å². The van der Waals surface area contributed by atoms with Gasteiger partial charge in [0.1, 0.15) is 0 Å². The topological polar surface area (TPSA) is 38.9 Å². The number of para-hydroxylation sites is 1. The zero-order valence-electron chi connectivity index (χ0n) is 12.5. The van der Waals surface area contributed by atoms with Gasteiger partial charge in [0.05, 0.1) is 5.52 Å². The average molecular weight is 268 g/mol. The van der Waals surface area contributed by atoms with Crippen LogP contribution >= 0.6 is 0 Å². The number of hydrogen-bond acceptors (Lipinski definition) is 2. The first kappa shape index (κ1) is 13.6. The maximum Gasteiger partial charge on any atom is 0.0704 e. The summed E-state index contributed by atoms with van der Waals surface area (Å²) in [6, 6.07) is 10.5. The van der Waals surface area contributed by atoms with E-state index in [2.05, 4.69) is 43.1 Å². The molecule has 2 aromatic rings. The van der Waals surface area contributed by atoms with Crippen LogP contribution in [-0.2, 0) is 6.42 Å². The van der Waals surface area contributed by atoms with Crippen LogP contribution in [0.3, 0.4) is 0 Å². The minimum Gasteiger partial charge on any atom is -0.325 e. The summed E-state index contributed by atoms with van der Waals surface area (Å²) in [6.07, 6.45) is 7.65. The molecule has 1 unspecified atom stereocenters. The van der Waals surface area contributed by atoms with Gasteiger partial charge in [0.2, 0.25) is 0 Å². The lowest BCUT2D eigenvalue weighted by molar-refractivity contribution is 0.151. The van der Waals surface area contributed by atoms with Crippen LogP contribution in [0.1, 0.15) is 45.1 Å². The summed E-state index contributed by atoms with van der Waals surface area (Å²) < 4.78 is 0. The van der Waals surface area contributed by atoms with Crippen molar-refractivity contribution in [3.63, 3.8) is 0 Å². The summed E-state index contributed by atoms with van der Waals surface area (Å²) in [4.78, 5) is 4.45. The number of rotatable bonds is 2. The van der Waals surface area contributed by atoms with Gasteiger partial charge in [0, 0.05) is 17.1 Å². The molecule has 0 bridgehead atoms. The summed E-state index contributed by atoms with van der Waals surface area (Å²) in [5.41, 5.74) is 9.46. The minimum absolute atomic E-state index is 0.0636. The number of nitrogens with two attached hydrogens (primary N) is 1. The minimum atomic E-state index is -0.0636. The van der Waals surface area contributed by atoms with Crippen molar-refractivity contribution < 1.29 is 0 Å². The Bertz CT molecular complexity index is 612. The lowest BCUT2D eigenvalue weighted by Gasteiger charge is -2.43. The van der Waals surface area contributed by atoms with Crippen molar-refractivity contribution in [2.75, 3.05) is 0 Å². The van der Waals surface area contributed by atoms with Gasteiger partial charge in [-0.05, 0) is 48.8 Å². The van der Waals surface area contributed by atoms with E-state index in [1.807, 2.05) is 12.3 Å². The monoisotopic (exact) mass is 268 g/mol. The fourth-order valence-corrected chi connectivity index (χ4v) is 3.89. The van der Waals surface area contributed by atoms with Crippen molar-refractivity contribution in [3.05, 3.63) is 42.1 Å². The number of pyridine rings is 1. The molecule has 1 saturated carbocycles. The van der Waals surface area contributed by atoms with Crippen molar-refractivity contribution in [2.24, 2.45) is 11.1 Å². The zero-order chi connectivity index (χ0) is 14.2. The van der Waals surface area contributed by atoms with Crippen molar-refractivity contribution in [1.82, 2.24) is 4.98 Å². The largest absolute Gasteiger partial charge is 0.325 e. The number of nitrogens with zero attached hydrogens (tertiary/aromatic N) is 1. The molecule has 0 saturated heterocycles. The van der Waals surface area contributed by atoms with Crippen LogP contribution in [-0.4, -0.2) is 10.5 Å². The molecule has 0 radical (unpaired) electrons. The second-order valence-corrected chi connectivity index (χ2v) is 7.22. The number of hydrogen-bond donors (Lipinski definition) is 1. The van der Waals surface area contributed by atoms with Crippen molar-refractivity contribution in [1.29, 1.82) is 0 Å². The van der Waals surface area contributed by atoms with Crippen molar-refractivity contribution >= 4 is 10.9 Å². The van der Waals surface area contributed by atoms with Crippen LogP contribution in [0.5, 0.6) is 0 Å². The lowest BCUT2D eigenvalue weighted by atomic mass is 9.66. The van der Waals surface area contributed by atoms with Crippen molar-refractivity contribution in [2.45, 2.75) is 51.5 Å². The van der Waals surface area contributed by atoms with Crippen LogP contribution in [0.4, 0.5) is 0 Å². The van der Waals surface area contributed by atoms with E-state index in [1.54, 1.807) is 0 Å². The normalized spacial score (nSPS) is 25.8. The molecule has 20 heavy (non-hydrogen) atoms. The standard InChI is InChI=1S/C18H24N2/c1-17(2)9-5-10-18(19,13-17)12-14-8-11-20-16-7-4-3-6-15(14)16/h3-4,6-8,11H,5,9-10,12-13,19H2,1-2H3. The second kappa shape index (κ2) is 4.85. The fraction of sp³-hybridized carbons (Fsp3) is 0.500. The Balaban J connectivity index is 1.93. The van der Waals surface area contributed by atoms with Gasteiger partial charge >= 0.3 is 0 Å². The molecule has 1 atom stereocenters. The molecule has 106 valence electrons. The van der Waals surface area contributed by atoms with E-state index in [-0.39, 0.29) is 5.54 Å². The molecule has 0 aliphatic heterocycles. The average Bonchev–Trinajstić information content (AvgIpc) is 2.37. The molecule has 0 spiro atoms. The molecule has 2 N–H and O–H groups in total. The van der Waals surface area contributed by atoms with E-state index in [0.717, 1.165) is 24.8 Å². The highest BCUT2D eigenvalue weighted by Gasteiger charge is 2.37. The van der Waals surface area contributed by atoms with Gasteiger partial charge in [-0.25, -0.2) is 0 Å². The van der Waals surface area contributed by atoms with Gasteiger partial charge < -0.3 is 5.73 Å². The van der Waals surface area contributed by atoms with E-state index in [1.165, 1.54) is 23.8 Å². The Labute approximate surface area is 121 Å². The molecule has 2 nitrogen and oxygen atoms in total. The number of aromatic nitrogens is 1. The highest BCUT2D eigenvalue weighted by atomic mass is 14.8. The van der Waals surface area contributed by atoms with Crippen LogP contribution in [0.2, 0.25) is 0 Å². The van der Waals surface area contributed by atoms with Gasteiger partial charge in [-0.2, -0.15) is 0 Å². The number of fused-ring (bicyclic) bond motifs is 1. The zero-order valence-corrected chi connectivity index (χ0v) is 12.5. The molecule has 1 aliphatic rings. The molecule has 1 fully saturated rings. The van der Waals surface area contributed by atoms with Crippen LogP contribution in [0.15, 0.2) is 36.5 Å². The van der Waals surface area contributed by atoms with Crippen LogP contribution < -0.4 is 5.73 Å². The van der Waals surface area contributed by atoms with Gasteiger partial charge in [0.15, 0.2) is 0 Å². The molecule has 1 aromatic heterocycles. The first-order chi connectivity index (χ1) is 9.48. The number of benzene rings is 1. The smallest absolute Gasteiger partial charge is 0.0704 e. The lowest BCUT2D eigenvalue weighted by Crippen LogP contribution is -2.48. The summed E-state index contributed by atoms with van der Waals surface area (Å²) in [5, 5.41) is 1.25. The first-order valence-corrected chi connectivity index (χ1v) is 7.59. The maximum absolute atomic E-state index is 6.74. The second-order valence-electron chi connectivity index (χ2n) is 7.22. The summed E-state index contributed by atoms with van der Waals surface area (Å²) >= 11 is 0. The predicted molar refractivity (Wildman–Crippen MR) is 84.6 cm³/mol. The molecule has 1 aromatic carbocycles. The molecule has 1 heterocycles. The Morgan fingerprint density at radius 1 is 1.15 bits per heavy atom. The molecular formula is C18H24N2. The van der Waals surface area contributed by atoms with Gasteiger partial charge in [-0.1, -0.05) is 38.5 Å². The van der Waals surface area contributed by atoms with Gasteiger partial charge in [-0.15, -0.1) is 0 Å². The quantitative estimate of drug-likeness (QED) is 0.891. The van der Waals surface area contributed by atoms with E-state index in [4.69, 9.17) is 5.73 Å². The van der Waals surface area contributed by atoms with Crippen LogP contribution in [0.25, 0.3) is 10.9 Å². The molecular weight excluding hydrogens is 244 g/mol. The predicted octanol–water partition coefficient (Wildman–Crippen LogP) is 4.08. The fourth-order valence-electron chi connectivity index (χ4n) is 3.89. The third kappa shape index (κ3) is 2.71. The third-order valence-corrected chi connectivity index (χ3v) is 4.64. The molecule has 3 rings (SSSR count). The summed E-state index contributed by atoms with van der Waals surface area (Å²) in [6.45, 7) is 4.69. The summed E-state index contributed by atoms with van der Waals surface area (Å²) in [5.74, 6) is 0. The highest BCUT2D eigenvalue weighted by molar-refractivity contribution is 5.81. The summed E-state index contributed by atoms with van der Waals surface area (Å²) in [7, 11) is 0. The van der Waals surface area contributed by atoms with Gasteiger partial charge in [-0.3, -0.25) is 4.98 Å². The van der Waals surface area contributed by atoms with E-state index >= 15 is 0 Å². The highest BCUT2D eigenvalue weighted by Crippen LogP contribution is 2.41. The Kier molecular flexibility index (Phi) is 3.29. The van der Waals surface area contributed by atoms with E-state index in [9.17, 15) is 0 Å². The Morgan fingerprint density at radius 2 is 1.95 bits per heavy atom.